The van der Waals surface area contributed by atoms with Gasteiger partial charge in [0.15, 0.2) is 0 Å². The number of anilines is 1. The number of carbonyl (C=O) groups is 1. The molecule has 1 rings (SSSR count). The van der Waals surface area contributed by atoms with Crippen molar-refractivity contribution in [1.29, 1.82) is 0 Å². The minimum atomic E-state index is -0.00508. The monoisotopic (exact) mass is 296 g/mol. The van der Waals surface area contributed by atoms with E-state index in [-0.39, 0.29) is 5.91 Å². The Kier molecular flexibility index (Phi) is 6.86. The van der Waals surface area contributed by atoms with E-state index in [1.165, 1.54) is 12.8 Å². The number of carbonyl (C=O) groups excluding carboxylic acids is 1. The van der Waals surface area contributed by atoms with E-state index in [9.17, 15) is 4.79 Å². The van der Waals surface area contributed by atoms with Gasteiger partial charge in [-0.25, -0.2) is 0 Å². The number of nitrogens with one attached hydrogen (secondary N) is 1. The van der Waals surface area contributed by atoms with Gasteiger partial charge in [-0.2, -0.15) is 0 Å². The average Bonchev–Trinajstić information content (AvgIpc) is 2.42. The zero-order valence-corrected chi connectivity index (χ0v) is 13.6. The average molecular weight is 297 g/mol. The predicted octanol–water partition coefficient (Wildman–Crippen LogP) is 4.42. The minimum Gasteiger partial charge on any atom is -0.382 e. The first-order valence-corrected chi connectivity index (χ1v) is 7.65. The second-order valence-electron chi connectivity index (χ2n) is 5.28. The smallest absolute Gasteiger partial charge is 0.255 e. The maximum absolute atomic E-state index is 12.2. The first-order valence-electron chi connectivity index (χ1n) is 7.27. The summed E-state index contributed by atoms with van der Waals surface area (Å²) in [5.74, 6) is -0.00508. The summed E-state index contributed by atoms with van der Waals surface area (Å²) in [7, 11) is 3.52. The second kappa shape index (κ2) is 8.15. The largest absolute Gasteiger partial charge is 0.382 e. The summed E-state index contributed by atoms with van der Waals surface area (Å²) in [5, 5.41) is 4.12. The standard InChI is InChI=1S/C16H25ClN2O/c1-5-7-8-13(6-2)18-15-11-12(17)9-10-14(15)16(20)19(3)4/h9-11,13,18H,5-8H2,1-4H3. The number of nitrogens with zero attached hydrogens (tertiary/aromatic N) is 1. The Balaban J connectivity index is 2.96. The summed E-state index contributed by atoms with van der Waals surface area (Å²) in [6.07, 6.45) is 4.50. The number of amides is 1. The van der Waals surface area contributed by atoms with Crippen LogP contribution in [0.1, 0.15) is 49.9 Å². The Hall–Kier alpha value is -1.22. The van der Waals surface area contributed by atoms with Crippen LogP contribution >= 0.6 is 11.6 Å². The molecule has 0 aliphatic rings. The molecule has 1 aromatic rings. The summed E-state index contributed by atoms with van der Waals surface area (Å²) in [6.45, 7) is 4.35. The Bertz CT molecular complexity index is 446. The van der Waals surface area contributed by atoms with Crippen molar-refractivity contribution in [3.63, 3.8) is 0 Å². The van der Waals surface area contributed by atoms with Gasteiger partial charge < -0.3 is 10.2 Å². The van der Waals surface area contributed by atoms with E-state index in [0.29, 0.717) is 16.6 Å². The number of unbranched alkanes of at least 4 members (excludes halogenated alkanes) is 1. The molecule has 4 heteroatoms. The van der Waals surface area contributed by atoms with Gasteiger partial charge in [-0.3, -0.25) is 4.79 Å². The Morgan fingerprint density at radius 2 is 2.05 bits per heavy atom. The van der Waals surface area contributed by atoms with E-state index < -0.39 is 0 Å². The van der Waals surface area contributed by atoms with Crippen LogP contribution in [-0.4, -0.2) is 30.9 Å². The van der Waals surface area contributed by atoms with E-state index in [4.69, 9.17) is 11.6 Å². The Morgan fingerprint density at radius 3 is 2.60 bits per heavy atom. The van der Waals surface area contributed by atoms with Gasteiger partial charge in [0.1, 0.15) is 0 Å². The molecule has 1 N–H and O–H groups in total. The van der Waals surface area contributed by atoms with Crippen LogP contribution in [-0.2, 0) is 0 Å². The highest BCUT2D eigenvalue weighted by atomic mass is 35.5. The van der Waals surface area contributed by atoms with Gasteiger partial charge >= 0.3 is 0 Å². The first kappa shape index (κ1) is 16.8. The van der Waals surface area contributed by atoms with Crippen molar-refractivity contribution in [1.82, 2.24) is 4.90 Å². The van der Waals surface area contributed by atoms with Gasteiger partial charge in [0.2, 0.25) is 0 Å². The van der Waals surface area contributed by atoms with Crippen LogP contribution < -0.4 is 5.32 Å². The summed E-state index contributed by atoms with van der Waals surface area (Å²) in [6, 6.07) is 5.77. The molecule has 0 radical (unpaired) electrons. The topological polar surface area (TPSA) is 32.3 Å². The first-order chi connectivity index (χ1) is 9.49. The van der Waals surface area contributed by atoms with E-state index in [0.717, 1.165) is 18.5 Å². The molecule has 0 aromatic heterocycles. The van der Waals surface area contributed by atoms with Crippen LogP contribution in [0.4, 0.5) is 5.69 Å². The molecule has 0 fully saturated rings. The molecule has 1 atom stereocenters. The molecule has 112 valence electrons. The minimum absolute atomic E-state index is 0.00508. The number of hydrogen-bond acceptors (Lipinski definition) is 2. The lowest BCUT2D eigenvalue weighted by atomic mass is 10.1. The van der Waals surface area contributed by atoms with Crippen molar-refractivity contribution >= 4 is 23.2 Å². The van der Waals surface area contributed by atoms with Crippen molar-refractivity contribution in [3.8, 4) is 0 Å². The molecule has 0 saturated carbocycles. The van der Waals surface area contributed by atoms with E-state index in [1.54, 1.807) is 31.1 Å². The molecule has 0 aliphatic carbocycles. The van der Waals surface area contributed by atoms with Crippen LogP contribution in [0.15, 0.2) is 18.2 Å². The molecular formula is C16H25ClN2O. The lowest BCUT2D eigenvalue weighted by Crippen LogP contribution is -2.25. The molecule has 0 spiro atoms. The fourth-order valence-electron chi connectivity index (χ4n) is 2.11. The van der Waals surface area contributed by atoms with Crippen LogP contribution in [0.2, 0.25) is 5.02 Å². The summed E-state index contributed by atoms with van der Waals surface area (Å²) >= 11 is 6.07. The number of benzene rings is 1. The second-order valence-corrected chi connectivity index (χ2v) is 5.72. The van der Waals surface area contributed by atoms with Gasteiger partial charge in [0.25, 0.3) is 5.91 Å². The van der Waals surface area contributed by atoms with Crippen molar-refractivity contribution in [2.24, 2.45) is 0 Å². The van der Waals surface area contributed by atoms with Crippen LogP contribution in [0, 0.1) is 0 Å². The molecule has 0 aliphatic heterocycles. The van der Waals surface area contributed by atoms with Gasteiger partial charge in [0.05, 0.1) is 5.56 Å². The fraction of sp³-hybridized carbons (Fsp3) is 0.562. The third-order valence-corrected chi connectivity index (χ3v) is 3.61. The lowest BCUT2D eigenvalue weighted by molar-refractivity contribution is 0.0828. The molecule has 3 nitrogen and oxygen atoms in total. The van der Waals surface area contributed by atoms with E-state index in [2.05, 4.69) is 19.2 Å². The van der Waals surface area contributed by atoms with Crippen molar-refractivity contribution in [2.75, 3.05) is 19.4 Å². The van der Waals surface area contributed by atoms with Crippen LogP contribution in [0.5, 0.6) is 0 Å². The molecule has 20 heavy (non-hydrogen) atoms. The lowest BCUT2D eigenvalue weighted by Gasteiger charge is -2.21. The van der Waals surface area contributed by atoms with Crippen LogP contribution in [0.25, 0.3) is 0 Å². The highest BCUT2D eigenvalue weighted by molar-refractivity contribution is 6.31. The fourth-order valence-corrected chi connectivity index (χ4v) is 2.28. The highest BCUT2D eigenvalue weighted by Crippen LogP contribution is 2.24. The van der Waals surface area contributed by atoms with Crippen molar-refractivity contribution < 1.29 is 4.79 Å². The normalized spacial score (nSPS) is 12.1. The molecule has 1 unspecified atom stereocenters. The maximum atomic E-state index is 12.2. The predicted molar refractivity (Wildman–Crippen MR) is 86.7 cm³/mol. The highest BCUT2D eigenvalue weighted by Gasteiger charge is 2.16. The van der Waals surface area contributed by atoms with E-state index >= 15 is 0 Å². The molecule has 0 bridgehead atoms. The summed E-state index contributed by atoms with van der Waals surface area (Å²) < 4.78 is 0. The zero-order chi connectivity index (χ0) is 15.1. The molecule has 0 saturated heterocycles. The zero-order valence-electron chi connectivity index (χ0n) is 12.9. The third kappa shape index (κ3) is 4.71. The molecule has 1 amide bonds. The number of hydrogen-bond donors (Lipinski definition) is 1. The quantitative estimate of drug-likeness (QED) is 0.807. The molecule has 1 aromatic carbocycles. The van der Waals surface area contributed by atoms with Gasteiger partial charge in [-0.05, 0) is 31.0 Å². The Labute approximate surface area is 127 Å². The Morgan fingerprint density at radius 1 is 1.35 bits per heavy atom. The number of rotatable bonds is 7. The number of halogens is 1. The van der Waals surface area contributed by atoms with Gasteiger partial charge in [-0.15, -0.1) is 0 Å². The summed E-state index contributed by atoms with van der Waals surface area (Å²) in [5.41, 5.74) is 1.51. The molecule has 0 heterocycles. The maximum Gasteiger partial charge on any atom is 0.255 e. The van der Waals surface area contributed by atoms with E-state index in [1.807, 2.05) is 6.07 Å². The van der Waals surface area contributed by atoms with Gasteiger partial charge in [-0.1, -0.05) is 38.3 Å². The molecular weight excluding hydrogens is 272 g/mol. The summed E-state index contributed by atoms with van der Waals surface area (Å²) in [4.78, 5) is 13.8. The SMILES string of the molecule is CCCCC(CC)Nc1cc(Cl)ccc1C(=O)N(C)C. The van der Waals surface area contributed by atoms with Crippen molar-refractivity contribution in [3.05, 3.63) is 28.8 Å². The van der Waals surface area contributed by atoms with Crippen LogP contribution in [0.3, 0.4) is 0 Å². The van der Waals surface area contributed by atoms with Crippen molar-refractivity contribution in [2.45, 2.75) is 45.6 Å². The third-order valence-electron chi connectivity index (χ3n) is 3.38. The van der Waals surface area contributed by atoms with Gasteiger partial charge in [0, 0.05) is 30.8 Å².